The molecule has 1 N–H and O–H groups in total. The number of hydrogen-bond donors (Lipinski definition) is 1. The third-order valence-electron chi connectivity index (χ3n) is 6.52. The minimum Gasteiger partial charge on any atom is -0.337 e. The van der Waals surface area contributed by atoms with Crippen molar-refractivity contribution in [3.8, 4) is 11.1 Å². The maximum Gasteiger partial charge on any atom is 0.253 e. The van der Waals surface area contributed by atoms with Crippen molar-refractivity contribution < 1.29 is 9.59 Å². The van der Waals surface area contributed by atoms with Gasteiger partial charge in [0.05, 0.1) is 10.0 Å². The third-order valence-corrected chi connectivity index (χ3v) is 7.26. The van der Waals surface area contributed by atoms with Gasteiger partial charge in [-0.25, -0.2) is 0 Å². The van der Waals surface area contributed by atoms with Gasteiger partial charge in [0, 0.05) is 49.4 Å². The highest BCUT2D eigenvalue weighted by atomic mass is 35.5. The molecule has 0 saturated carbocycles. The van der Waals surface area contributed by atoms with Crippen LogP contribution in [0.2, 0.25) is 10.0 Å². The van der Waals surface area contributed by atoms with Gasteiger partial charge < -0.3 is 15.1 Å². The highest BCUT2D eigenvalue weighted by molar-refractivity contribution is 6.42. The Balaban J connectivity index is 1.11. The van der Waals surface area contributed by atoms with Crippen LogP contribution in [0, 0.1) is 0 Å². The molecule has 2 saturated heterocycles. The molecular formula is C27H25Cl2N3O2. The number of amides is 2. The molecule has 2 aliphatic heterocycles. The predicted molar refractivity (Wildman–Crippen MR) is 135 cm³/mol. The second-order valence-corrected chi connectivity index (χ2v) is 9.70. The second kappa shape index (κ2) is 9.79. The van der Waals surface area contributed by atoms with E-state index in [1.165, 1.54) is 0 Å². The fourth-order valence-corrected chi connectivity index (χ4v) is 4.89. The van der Waals surface area contributed by atoms with Crippen molar-refractivity contribution in [2.24, 2.45) is 0 Å². The molecule has 2 heterocycles. The molecule has 174 valence electrons. The van der Waals surface area contributed by atoms with Gasteiger partial charge in [-0.3, -0.25) is 9.59 Å². The number of carbonyl (C=O) groups excluding carboxylic acids is 2. The molecule has 3 aromatic rings. The molecule has 0 aliphatic carbocycles. The molecule has 0 radical (unpaired) electrons. The van der Waals surface area contributed by atoms with E-state index >= 15 is 0 Å². The zero-order chi connectivity index (χ0) is 23.7. The topological polar surface area (TPSA) is 52.7 Å². The number of rotatable bonds is 5. The summed E-state index contributed by atoms with van der Waals surface area (Å²) in [5.74, 6) is 0.116. The molecule has 0 bridgehead atoms. The number of likely N-dealkylation sites (tertiary alicyclic amines) is 2. The lowest BCUT2D eigenvalue weighted by molar-refractivity contribution is 0.0552. The Morgan fingerprint density at radius 3 is 2.03 bits per heavy atom. The van der Waals surface area contributed by atoms with Crippen LogP contribution in [0.5, 0.6) is 0 Å². The van der Waals surface area contributed by atoms with Gasteiger partial charge in [-0.2, -0.15) is 0 Å². The lowest BCUT2D eigenvalue weighted by Gasteiger charge is -2.41. The molecule has 2 fully saturated rings. The number of nitrogens with one attached hydrogen (secondary N) is 1. The fraction of sp³-hybridized carbons (Fsp3) is 0.259. The number of benzene rings is 3. The Morgan fingerprint density at radius 2 is 1.32 bits per heavy atom. The molecule has 3 aromatic carbocycles. The average Bonchev–Trinajstić information content (AvgIpc) is 3.31. The van der Waals surface area contributed by atoms with Gasteiger partial charge in [0.1, 0.15) is 0 Å². The maximum atomic E-state index is 12.9. The molecule has 1 unspecified atom stereocenters. The first-order chi connectivity index (χ1) is 16.5. The van der Waals surface area contributed by atoms with Crippen molar-refractivity contribution in [1.82, 2.24) is 15.1 Å². The fourth-order valence-electron chi connectivity index (χ4n) is 4.59. The maximum absolute atomic E-state index is 12.9. The van der Waals surface area contributed by atoms with E-state index < -0.39 is 0 Å². The molecule has 2 aliphatic rings. The van der Waals surface area contributed by atoms with Crippen molar-refractivity contribution in [2.75, 3.05) is 26.2 Å². The van der Waals surface area contributed by atoms with Gasteiger partial charge in [0.15, 0.2) is 0 Å². The predicted octanol–water partition coefficient (Wildman–Crippen LogP) is 4.99. The zero-order valence-electron chi connectivity index (χ0n) is 18.6. The summed E-state index contributed by atoms with van der Waals surface area (Å²) >= 11 is 12.1. The lowest BCUT2D eigenvalue weighted by Crippen LogP contribution is -2.62. The van der Waals surface area contributed by atoms with E-state index in [1.807, 2.05) is 76.5 Å². The van der Waals surface area contributed by atoms with Crippen LogP contribution in [-0.4, -0.2) is 59.9 Å². The first-order valence-corrected chi connectivity index (χ1v) is 12.2. The van der Waals surface area contributed by atoms with E-state index in [1.54, 1.807) is 6.07 Å². The van der Waals surface area contributed by atoms with Gasteiger partial charge in [-0.15, -0.1) is 0 Å². The molecule has 2 amide bonds. The Morgan fingerprint density at radius 1 is 0.706 bits per heavy atom. The number of nitrogens with zero attached hydrogens (tertiary/aromatic N) is 2. The van der Waals surface area contributed by atoms with Crippen molar-refractivity contribution in [1.29, 1.82) is 0 Å². The highest BCUT2D eigenvalue weighted by Crippen LogP contribution is 2.29. The van der Waals surface area contributed by atoms with E-state index in [0.29, 0.717) is 35.2 Å². The number of carbonyl (C=O) groups is 2. The van der Waals surface area contributed by atoms with Crippen LogP contribution in [0.1, 0.15) is 27.1 Å². The molecule has 7 heteroatoms. The monoisotopic (exact) mass is 493 g/mol. The summed E-state index contributed by atoms with van der Waals surface area (Å²) in [4.78, 5) is 29.3. The molecule has 34 heavy (non-hydrogen) atoms. The van der Waals surface area contributed by atoms with Crippen molar-refractivity contribution >= 4 is 35.0 Å². The number of halogens is 2. The van der Waals surface area contributed by atoms with Gasteiger partial charge in [0.25, 0.3) is 11.8 Å². The van der Waals surface area contributed by atoms with E-state index in [0.717, 1.165) is 29.7 Å². The van der Waals surface area contributed by atoms with Crippen molar-refractivity contribution in [2.45, 2.75) is 18.5 Å². The summed E-state index contributed by atoms with van der Waals surface area (Å²) in [6, 6.07) is 23.0. The van der Waals surface area contributed by atoms with Crippen LogP contribution in [0.3, 0.4) is 0 Å². The third kappa shape index (κ3) is 4.83. The van der Waals surface area contributed by atoms with Gasteiger partial charge >= 0.3 is 0 Å². The Kier molecular flexibility index (Phi) is 6.59. The van der Waals surface area contributed by atoms with E-state index in [9.17, 15) is 9.59 Å². The van der Waals surface area contributed by atoms with Crippen LogP contribution in [0.4, 0.5) is 0 Å². The van der Waals surface area contributed by atoms with Gasteiger partial charge in [0.2, 0.25) is 0 Å². The van der Waals surface area contributed by atoms with Gasteiger partial charge in [-0.1, -0.05) is 59.6 Å². The number of hydrogen-bond acceptors (Lipinski definition) is 3. The van der Waals surface area contributed by atoms with E-state index in [4.69, 9.17) is 23.2 Å². The minimum atomic E-state index is 0.0334. The van der Waals surface area contributed by atoms with Crippen molar-refractivity contribution in [3.63, 3.8) is 0 Å². The summed E-state index contributed by atoms with van der Waals surface area (Å²) in [7, 11) is 0. The summed E-state index contributed by atoms with van der Waals surface area (Å²) in [5, 5.41) is 4.64. The second-order valence-electron chi connectivity index (χ2n) is 8.88. The normalized spacial score (nSPS) is 18.1. The molecular weight excluding hydrogens is 469 g/mol. The van der Waals surface area contributed by atoms with Gasteiger partial charge in [-0.05, 0) is 53.9 Å². The van der Waals surface area contributed by atoms with Crippen LogP contribution >= 0.6 is 23.2 Å². The first kappa shape index (κ1) is 22.9. The van der Waals surface area contributed by atoms with Crippen LogP contribution in [-0.2, 0) is 0 Å². The Bertz CT molecular complexity index is 1190. The highest BCUT2D eigenvalue weighted by Gasteiger charge is 2.35. The molecule has 0 spiro atoms. The van der Waals surface area contributed by atoms with E-state index in [2.05, 4.69) is 5.32 Å². The van der Waals surface area contributed by atoms with Crippen LogP contribution in [0.25, 0.3) is 11.1 Å². The summed E-state index contributed by atoms with van der Waals surface area (Å²) in [6.45, 7) is 2.81. The van der Waals surface area contributed by atoms with E-state index in [-0.39, 0.29) is 23.9 Å². The minimum absolute atomic E-state index is 0.0334. The molecule has 1 atom stereocenters. The molecule has 5 rings (SSSR count). The Hall–Kier alpha value is -2.86. The average molecular weight is 494 g/mol. The quantitative estimate of drug-likeness (QED) is 0.544. The standard InChI is InChI=1S/C27H25Cl2N3O2/c28-24-11-10-21(14-25(24)29)18-6-8-20(9-7-18)27(34)32-16-23(17-32)30-22-12-13-31(15-22)26(33)19-4-2-1-3-5-19/h1-11,14,22-23,30H,12-13,15-17H2. The summed E-state index contributed by atoms with van der Waals surface area (Å²) in [5.41, 5.74) is 3.34. The van der Waals surface area contributed by atoms with Crippen LogP contribution < -0.4 is 5.32 Å². The summed E-state index contributed by atoms with van der Waals surface area (Å²) in [6.07, 6.45) is 0.930. The zero-order valence-corrected chi connectivity index (χ0v) is 20.1. The SMILES string of the molecule is O=C(c1ccccc1)N1CCC(NC2CN(C(=O)c3ccc(-c4ccc(Cl)c(Cl)c4)cc3)C2)C1. The lowest BCUT2D eigenvalue weighted by atomic mass is 10.0. The largest absolute Gasteiger partial charge is 0.337 e. The van der Waals surface area contributed by atoms with Crippen LogP contribution in [0.15, 0.2) is 72.8 Å². The summed E-state index contributed by atoms with van der Waals surface area (Å²) < 4.78 is 0. The molecule has 5 nitrogen and oxygen atoms in total. The molecule has 0 aromatic heterocycles. The Labute approximate surface area is 209 Å². The van der Waals surface area contributed by atoms with Crippen molar-refractivity contribution in [3.05, 3.63) is 94.0 Å². The first-order valence-electron chi connectivity index (χ1n) is 11.4. The smallest absolute Gasteiger partial charge is 0.253 e.